The standard InChI is InChI=1S/C19H16F3N3O4S2/c1-3-28-15-10-11(25-17(30)23-16(26)24(2)18(25)27)4-9-14(15)29-12-5-7-13(8-6-12)31-19(20,21)22/h4-10H,3H2,1-2H3,(H,23,26,30). The number of hydrogen-bond donors (Lipinski definition) is 1. The molecular weight excluding hydrogens is 455 g/mol. The second-order valence-electron chi connectivity index (χ2n) is 6.10. The highest BCUT2D eigenvalue weighted by Gasteiger charge is 2.29. The summed E-state index contributed by atoms with van der Waals surface area (Å²) >= 11 is 4.89. The van der Waals surface area contributed by atoms with Gasteiger partial charge >= 0.3 is 16.9 Å². The Morgan fingerprint density at radius 1 is 1.10 bits per heavy atom. The summed E-state index contributed by atoms with van der Waals surface area (Å²) in [6.07, 6.45) is 0. The number of thioether (sulfide) groups is 1. The quantitative estimate of drug-likeness (QED) is 0.424. The van der Waals surface area contributed by atoms with E-state index in [0.29, 0.717) is 11.4 Å². The molecule has 0 amide bonds. The monoisotopic (exact) mass is 471 g/mol. The Labute approximate surface area is 183 Å². The number of aromatic nitrogens is 3. The largest absolute Gasteiger partial charge is 0.490 e. The van der Waals surface area contributed by atoms with E-state index in [1.807, 2.05) is 0 Å². The molecule has 0 radical (unpaired) electrons. The molecule has 12 heteroatoms. The normalized spacial score (nSPS) is 11.4. The minimum Gasteiger partial charge on any atom is -0.490 e. The molecular formula is C19H16F3N3O4S2. The summed E-state index contributed by atoms with van der Waals surface area (Å²) in [5, 5.41) is 0. The smallest absolute Gasteiger partial charge is 0.446 e. The molecule has 0 saturated heterocycles. The van der Waals surface area contributed by atoms with E-state index >= 15 is 0 Å². The molecule has 0 spiro atoms. The van der Waals surface area contributed by atoms with Crippen molar-refractivity contribution in [2.24, 2.45) is 7.05 Å². The molecule has 164 valence electrons. The number of ether oxygens (including phenoxy) is 2. The van der Waals surface area contributed by atoms with Gasteiger partial charge in [-0.05, 0) is 67.3 Å². The zero-order chi connectivity index (χ0) is 22.8. The minimum absolute atomic E-state index is 0.0310. The maximum absolute atomic E-state index is 12.5. The van der Waals surface area contributed by atoms with Crippen molar-refractivity contribution in [1.29, 1.82) is 0 Å². The topological polar surface area (TPSA) is 78.2 Å². The molecule has 1 N–H and O–H groups in total. The van der Waals surface area contributed by atoms with Gasteiger partial charge in [-0.1, -0.05) is 0 Å². The van der Waals surface area contributed by atoms with Gasteiger partial charge in [0, 0.05) is 18.0 Å². The van der Waals surface area contributed by atoms with Gasteiger partial charge in [-0.3, -0.25) is 4.98 Å². The number of nitrogens with zero attached hydrogens (tertiary/aromatic N) is 2. The first-order valence-electron chi connectivity index (χ1n) is 8.82. The third kappa shape index (κ3) is 5.39. The lowest BCUT2D eigenvalue weighted by Gasteiger charge is -2.14. The second kappa shape index (κ2) is 9.02. The van der Waals surface area contributed by atoms with E-state index in [4.69, 9.17) is 21.7 Å². The molecule has 0 atom stereocenters. The maximum atomic E-state index is 12.5. The van der Waals surface area contributed by atoms with Crippen molar-refractivity contribution in [2.75, 3.05) is 6.61 Å². The van der Waals surface area contributed by atoms with E-state index in [1.165, 1.54) is 43.4 Å². The summed E-state index contributed by atoms with van der Waals surface area (Å²) in [4.78, 5) is 26.6. The highest BCUT2D eigenvalue weighted by atomic mass is 32.2. The maximum Gasteiger partial charge on any atom is 0.446 e. The lowest BCUT2D eigenvalue weighted by Crippen LogP contribution is -2.39. The molecule has 0 bridgehead atoms. The Balaban J connectivity index is 1.95. The van der Waals surface area contributed by atoms with E-state index in [1.54, 1.807) is 13.0 Å². The fraction of sp³-hybridized carbons (Fsp3) is 0.211. The fourth-order valence-corrected chi connectivity index (χ4v) is 3.42. The van der Waals surface area contributed by atoms with Crippen molar-refractivity contribution in [2.45, 2.75) is 17.3 Å². The molecule has 0 aliphatic heterocycles. The Kier molecular flexibility index (Phi) is 6.60. The van der Waals surface area contributed by atoms with Crippen LogP contribution >= 0.6 is 24.0 Å². The number of halogens is 3. The van der Waals surface area contributed by atoms with Gasteiger partial charge in [0.25, 0.3) is 0 Å². The second-order valence-corrected chi connectivity index (χ2v) is 7.62. The van der Waals surface area contributed by atoms with Gasteiger partial charge in [-0.2, -0.15) is 13.2 Å². The van der Waals surface area contributed by atoms with Crippen LogP contribution in [0.25, 0.3) is 5.69 Å². The van der Waals surface area contributed by atoms with Crippen LogP contribution in [0, 0.1) is 4.77 Å². The predicted octanol–water partition coefficient (Wildman–Crippen LogP) is 4.40. The zero-order valence-corrected chi connectivity index (χ0v) is 17.9. The first-order valence-corrected chi connectivity index (χ1v) is 10.0. The van der Waals surface area contributed by atoms with Crippen LogP contribution in [0.15, 0.2) is 56.9 Å². The minimum atomic E-state index is -4.37. The zero-order valence-electron chi connectivity index (χ0n) is 16.2. The molecule has 31 heavy (non-hydrogen) atoms. The van der Waals surface area contributed by atoms with Crippen molar-refractivity contribution in [1.82, 2.24) is 14.1 Å². The van der Waals surface area contributed by atoms with Gasteiger partial charge < -0.3 is 9.47 Å². The third-order valence-corrected chi connectivity index (χ3v) is 4.99. The van der Waals surface area contributed by atoms with Crippen LogP contribution in [-0.2, 0) is 7.05 Å². The summed E-state index contributed by atoms with van der Waals surface area (Å²) in [6.45, 7) is 2.04. The van der Waals surface area contributed by atoms with Crippen LogP contribution in [0.3, 0.4) is 0 Å². The van der Waals surface area contributed by atoms with Crippen LogP contribution in [-0.4, -0.2) is 26.2 Å². The number of nitrogens with one attached hydrogen (secondary N) is 1. The van der Waals surface area contributed by atoms with E-state index < -0.39 is 16.9 Å². The summed E-state index contributed by atoms with van der Waals surface area (Å²) in [5.41, 5.74) is -5.30. The van der Waals surface area contributed by atoms with Crippen LogP contribution in [0.1, 0.15) is 6.92 Å². The van der Waals surface area contributed by atoms with E-state index in [-0.39, 0.29) is 39.5 Å². The highest BCUT2D eigenvalue weighted by Crippen LogP contribution is 2.38. The molecule has 3 rings (SSSR count). The number of rotatable bonds is 6. The molecule has 1 aromatic heterocycles. The van der Waals surface area contributed by atoms with Crippen molar-refractivity contribution in [3.05, 3.63) is 68.2 Å². The Morgan fingerprint density at radius 3 is 2.39 bits per heavy atom. The van der Waals surface area contributed by atoms with E-state index in [0.717, 1.165) is 9.13 Å². The van der Waals surface area contributed by atoms with Crippen LogP contribution in [0.5, 0.6) is 17.2 Å². The van der Waals surface area contributed by atoms with Gasteiger partial charge in [0.1, 0.15) is 5.75 Å². The average Bonchev–Trinajstić information content (AvgIpc) is 2.68. The summed E-state index contributed by atoms with van der Waals surface area (Å²) in [5.74, 6) is 0.871. The van der Waals surface area contributed by atoms with E-state index in [2.05, 4.69) is 4.98 Å². The van der Waals surface area contributed by atoms with Crippen molar-refractivity contribution in [3.8, 4) is 22.9 Å². The number of aromatic amines is 1. The van der Waals surface area contributed by atoms with Crippen molar-refractivity contribution < 1.29 is 22.6 Å². The average molecular weight is 471 g/mol. The van der Waals surface area contributed by atoms with Crippen molar-refractivity contribution in [3.63, 3.8) is 0 Å². The molecule has 0 fully saturated rings. The molecule has 0 unspecified atom stereocenters. The van der Waals surface area contributed by atoms with Crippen molar-refractivity contribution >= 4 is 24.0 Å². The molecule has 1 heterocycles. The van der Waals surface area contributed by atoms with E-state index in [9.17, 15) is 22.8 Å². The van der Waals surface area contributed by atoms with Gasteiger partial charge in [-0.15, -0.1) is 0 Å². The van der Waals surface area contributed by atoms with Gasteiger partial charge in [0.15, 0.2) is 16.3 Å². The number of hydrogen-bond acceptors (Lipinski definition) is 6. The predicted molar refractivity (Wildman–Crippen MR) is 112 cm³/mol. The molecule has 2 aromatic carbocycles. The number of H-pyrrole nitrogens is 1. The fourth-order valence-electron chi connectivity index (χ4n) is 2.61. The first kappa shape index (κ1) is 22.7. The Morgan fingerprint density at radius 2 is 1.77 bits per heavy atom. The number of benzene rings is 2. The van der Waals surface area contributed by atoms with Gasteiger partial charge in [0.05, 0.1) is 12.3 Å². The molecule has 7 nitrogen and oxygen atoms in total. The van der Waals surface area contributed by atoms with Crippen LogP contribution in [0.2, 0.25) is 0 Å². The summed E-state index contributed by atoms with van der Waals surface area (Å²) in [7, 11) is 1.31. The van der Waals surface area contributed by atoms with Gasteiger partial charge in [-0.25, -0.2) is 18.7 Å². The molecule has 0 aliphatic rings. The van der Waals surface area contributed by atoms with Crippen LogP contribution < -0.4 is 20.9 Å². The first-order chi connectivity index (χ1) is 14.6. The highest BCUT2D eigenvalue weighted by molar-refractivity contribution is 8.00. The molecule has 0 saturated carbocycles. The Bertz CT molecular complexity index is 1260. The number of alkyl halides is 3. The third-order valence-electron chi connectivity index (χ3n) is 3.97. The Hall–Kier alpha value is -2.99. The molecule has 0 aliphatic carbocycles. The van der Waals surface area contributed by atoms with Crippen LogP contribution in [0.4, 0.5) is 13.2 Å². The summed E-state index contributed by atoms with van der Waals surface area (Å²) in [6, 6.07) is 10.0. The SMILES string of the molecule is CCOc1cc(-n2c(=S)[nH]c(=O)n(C)c2=O)ccc1Oc1ccc(SC(F)(F)F)cc1. The van der Waals surface area contributed by atoms with Gasteiger partial charge in [0.2, 0.25) is 0 Å². The molecule has 3 aromatic rings. The summed E-state index contributed by atoms with van der Waals surface area (Å²) < 4.78 is 50.7. The lowest BCUT2D eigenvalue weighted by molar-refractivity contribution is -0.0328. The lowest BCUT2D eigenvalue weighted by atomic mass is 10.2.